The monoisotopic (exact) mass is 312 g/mol. The van der Waals surface area contributed by atoms with Gasteiger partial charge in [0.05, 0.1) is 20.1 Å². The van der Waals surface area contributed by atoms with Crippen molar-refractivity contribution in [3.05, 3.63) is 47.0 Å². The standard InChI is InChI=1S/C15H14Cl2O3/c1-18-10-6-11(19-2)8-12(7-10)20-15-5-3-4-14(17)13(15)9-16/h3-8H,9H2,1-2H3. The lowest BCUT2D eigenvalue weighted by Gasteiger charge is -2.13. The predicted molar refractivity (Wildman–Crippen MR) is 80.6 cm³/mol. The number of rotatable bonds is 5. The van der Waals surface area contributed by atoms with Crippen molar-refractivity contribution in [3.63, 3.8) is 0 Å². The van der Waals surface area contributed by atoms with Crippen molar-refractivity contribution >= 4 is 23.2 Å². The van der Waals surface area contributed by atoms with Crippen LogP contribution in [0.15, 0.2) is 36.4 Å². The molecule has 3 nitrogen and oxygen atoms in total. The first kappa shape index (κ1) is 14.8. The smallest absolute Gasteiger partial charge is 0.134 e. The lowest BCUT2D eigenvalue weighted by Crippen LogP contribution is -1.93. The van der Waals surface area contributed by atoms with Gasteiger partial charge in [0.25, 0.3) is 0 Å². The first-order chi connectivity index (χ1) is 9.67. The molecule has 0 aliphatic rings. The molecule has 0 saturated carbocycles. The number of alkyl halides is 1. The maximum absolute atomic E-state index is 6.10. The van der Waals surface area contributed by atoms with E-state index in [0.29, 0.717) is 28.0 Å². The molecule has 0 saturated heterocycles. The predicted octanol–water partition coefficient (Wildman–Crippen LogP) is 4.89. The lowest BCUT2D eigenvalue weighted by molar-refractivity contribution is 0.386. The molecule has 0 aromatic heterocycles. The Balaban J connectivity index is 2.37. The Kier molecular flexibility index (Phi) is 4.99. The van der Waals surface area contributed by atoms with Crippen molar-refractivity contribution < 1.29 is 14.2 Å². The average molecular weight is 313 g/mol. The molecule has 20 heavy (non-hydrogen) atoms. The zero-order chi connectivity index (χ0) is 14.5. The van der Waals surface area contributed by atoms with Crippen LogP contribution in [-0.2, 0) is 5.88 Å². The molecule has 0 amide bonds. The van der Waals surface area contributed by atoms with E-state index in [4.69, 9.17) is 37.4 Å². The molecule has 106 valence electrons. The third-order valence-corrected chi connectivity index (χ3v) is 3.38. The Bertz CT molecular complexity index is 577. The fraction of sp³-hybridized carbons (Fsp3) is 0.200. The van der Waals surface area contributed by atoms with Crippen LogP contribution >= 0.6 is 23.2 Å². The van der Waals surface area contributed by atoms with Crippen LogP contribution in [-0.4, -0.2) is 14.2 Å². The fourth-order valence-electron chi connectivity index (χ4n) is 1.73. The Hall–Kier alpha value is -1.58. The van der Waals surface area contributed by atoms with Crippen molar-refractivity contribution in [3.8, 4) is 23.0 Å². The van der Waals surface area contributed by atoms with Gasteiger partial charge in [-0.25, -0.2) is 0 Å². The van der Waals surface area contributed by atoms with Gasteiger partial charge in [-0.05, 0) is 12.1 Å². The van der Waals surface area contributed by atoms with Crippen LogP contribution in [0.1, 0.15) is 5.56 Å². The number of benzene rings is 2. The van der Waals surface area contributed by atoms with Crippen LogP contribution in [0.2, 0.25) is 5.02 Å². The minimum Gasteiger partial charge on any atom is -0.496 e. The summed E-state index contributed by atoms with van der Waals surface area (Å²) in [6.07, 6.45) is 0. The summed E-state index contributed by atoms with van der Waals surface area (Å²) in [5.74, 6) is 2.77. The van der Waals surface area contributed by atoms with Gasteiger partial charge in [0.15, 0.2) is 0 Å². The number of ether oxygens (including phenoxy) is 3. The molecule has 0 aliphatic carbocycles. The molecule has 0 spiro atoms. The van der Waals surface area contributed by atoms with Crippen LogP contribution in [0.3, 0.4) is 0 Å². The molecule has 0 N–H and O–H groups in total. The normalized spacial score (nSPS) is 10.2. The molecule has 0 unspecified atom stereocenters. The van der Waals surface area contributed by atoms with E-state index in [1.54, 1.807) is 38.5 Å². The van der Waals surface area contributed by atoms with Gasteiger partial charge in [-0.15, -0.1) is 11.6 Å². The first-order valence-corrected chi connectivity index (χ1v) is 6.83. The summed E-state index contributed by atoms with van der Waals surface area (Å²) < 4.78 is 16.2. The maximum atomic E-state index is 6.10. The van der Waals surface area contributed by atoms with Crippen LogP contribution < -0.4 is 14.2 Å². The topological polar surface area (TPSA) is 27.7 Å². The van der Waals surface area contributed by atoms with Gasteiger partial charge in [-0.2, -0.15) is 0 Å². The zero-order valence-corrected chi connectivity index (χ0v) is 12.7. The Labute approximate surface area is 128 Å². The molecule has 5 heteroatoms. The van der Waals surface area contributed by atoms with E-state index in [2.05, 4.69) is 0 Å². The van der Waals surface area contributed by atoms with Gasteiger partial charge in [0.1, 0.15) is 23.0 Å². The zero-order valence-electron chi connectivity index (χ0n) is 11.2. The summed E-state index contributed by atoms with van der Waals surface area (Å²) in [4.78, 5) is 0. The second kappa shape index (κ2) is 6.73. The van der Waals surface area contributed by atoms with Crippen molar-refractivity contribution in [1.29, 1.82) is 0 Å². The molecule has 2 aromatic carbocycles. The quantitative estimate of drug-likeness (QED) is 0.736. The number of methoxy groups -OCH3 is 2. The molecule has 2 rings (SSSR count). The van der Waals surface area contributed by atoms with Gasteiger partial charge >= 0.3 is 0 Å². The highest BCUT2D eigenvalue weighted by atomic mass is 35.5. The van der Waals surface area contributed by atoms with E-state index in [1.165, 1.54) is 0 Å². The minimum absolute atomic E-state index is 0.274. The van der Waals surface area contributed by atoms with Crippen LogP contribution in [0, 0.1) is 0 Å². The summed E-state index contributed by atoms with van der Waals surface area (Å²) in [7, 11) is 3.17. The third kappa shape index (κ3) is 3.30. The Morgan fingerprint density at radius 2 is 1.55 bits per heavy atom. The third-order valence-electron chi connectivity index (χ3n) is 2.76. The van der Waals surface area contributed by atoms with Gasteiger partial charge in [-0.1, -0.05) is 17.7 Å². The molecule has 0 atom stereocenters. The molecule has 0 bridgehead atoms. The van der Waals surface area contributed by atoms with Crippen LogP contribution in [0.4, 0.5) is 0 Å². The largest absolute Gasteiger partial charge is 0.496 e. The minimum atomic E-state index is 0.274. The Morgan fingerprint density at radius 3 is 2.10 bits per heavy atom. The molecule has 2 aromatic rings. The van der Waals surface area contributed by atoms with E-state index in [-0.39, 0.29) is 5.88 Å². The van der Waals surface area contributed by atoms with Crippen molar-refractivity contribution in [2.45, 2.75) is 5.88 Å². The van der Waals surface area contributed by atoms with E-state index < -0.39 is 0 Å². The van der Waals surface area contributed by atoms with Gasteiger partial charge in [0, 0.05) is 28.8 Å². The fourth-order valence-corrected chi connectivity index (χ4v) is 2.31. The van der Waals surface area contributed by atoms with Gasteiger partial charge < -0.3 is 14.2 Å². The molecule has 0 heterocycles. The van der Waals surface area contributed by atoms with E-state index >= 15 is 0 Å². The second-order valence-corrected chi connectivity index (χ2v) is 4.68. The Morgan fingerprint density at radius 1 is 0.950 bits per heavy atom. The van der Waals surface area contributed by atoms with Crippen molar-refractivity contribution in [2.75, 3.05) is 14.2 Å². The summed E-state index contributed by atoms with van der Waals surface area (Å²) in [6.45, 7) is 0. The second-order valence-electron chi connectivity index (χ2n) is 4.00. The van der Waals surface area contributed by atoms with E-state index in [9.17, 15) is 0 Å². The van der Waals surface area contributed by atoms with Gasteiger partial charge in [-0.3, -0.25) is 0 Å². The molecule has 0 fully saturated rings. The highest BCUT2D eigenvalue weighted by molar-refractivity contribution is 6.32. The van der Waals surface area contributed by atoms with Crippen LogP contribution in [0.25, 0.3) is 0 Å². The summed E-state index contributed by atoms with van der Waals surface area (Å²) in [5.41, 5.74) is 0.748. The van der Waals surface area contributed by atoms with Gasteiger partial charge in [0.2, 0.25) is 0 Å². The summed E-state index contributed by atoms with van der Waals surface area (Å²) in [5, 5.41) is 0.576. The lowest BCUT2D eigenvalue weighted by atomic mass is 10.2. The SMILES string of the molecule is COc1cc(OC)cc(Oc2cccc(Cl)c2CCl)c1. The van der Waals surface area contributed by atoms with Crippen LogP contribution in [0.5, 0.6) is 23.0 Å². The number of halogens is 2. The van der Waals surface area contributed by atoms with Crippen molar-refractivity contribution in [2.24, 2.45) is 0 Å². The van der Waals surface area contributed by atoms with Crippen molar-refractivity contribution in [1.82, 2.24) is 0 Å². The van der Waals surface area contributed by atoms with E-state index in [0.717, 1.165) is 5.56 Å². The number of hydrogen-bond acceptors (Lipinski definition) is 3. The molecule has 0 aliphatic heterocycles. The first-order valence-electron chi connectivity index (χ1n) is 5.92. The highest BCUT2D eigenvalue weighted by Crippen LogP contribution is 2.35. The maximum Gasteiger partial charge on any atom is 0.134 e. The molecule has 0 radical (unpaired) electrons. The summed E-state index contributed by atoms with van der Waals surface area (Å²) >= 11 is 12.0. The highest BCUT2D eigenvalue weighted by Gasteiger charge is 2.10. The molecular weight excluding hydrogens is 299 g/mol. The average Bonchev–Trinajstić information content (AvgIpc) is 2.47. The van der Waals surface area contributed by atoms with E-state index in [1.807, 2.05) is 12.1 Å². The summed E-state index contributed by atoms with van der Waals surface area (Å²) in [6, 6.07) is 10.7. The molecular formula is C15H14Cl2O3. The number of hydrogen-bond donors (Lipinski definition) is 0.